The molecular formula is C13H26N2O3S. The van der Waals surface area contributed by atoms with Gasteiger partial charge in [0.25, 0.3) is 0 Å². The summed E-state index contributed by atoms with van der Waals surface area (Å²) in [6.45, 7) is 5.29. The Hall–Kier alpha value is -0.620. The number of hydrogen-bond donors (Lipinski definition) is 1. The monoisotopic (exact) mass is 290 g/mol. The minimum atomic E-state index is -3.33. The molecule has 112 valence electrons. The number of sulfonamides is 1. The van der Waals surface area contributed by atoms with Gasteiger partial charge in [-0.15, -0.1) is 0 Å². The number of likely N-dealkylation sites (tertiary alicyclic amines) is 1. The Bertz CT molecular complexity index is 395. The molecule has 0 saturated carbocycles. The van der Waals surface area contributed by atoms with Crippen molar-refractivity contribution in [3.63, 3.8) is 0 Å². The van der Waals surface area contributed by atoms with E-state index in [1.54, 1.807) is 11.8 Å². The maximum Gasteiger partial charge on any atom is 0.240 e. The lowest BCUT2D eigenvalue weighted by Gasteiger charge is -2.24. The lowest BCUT2D eigenvalue weighted by atomic mass is 9.96. The second-order valence-corrected chi connectivity index (χ2v) is 7.30. The van der Waals surface area contributed by atoms with E-state index in [0.29, 0.717) is 5.92 Å². The average molecular weight is 290 g/mol. The van der Waals surface area contributed by atoms with Gasteiger partial charge in [-0.05, 0) is 32.1 Å². The predicted octanol–water partition coefficient (Wildman–Crippen LogP) is 1.35. The fourth-order valence-corrected chi connectivity index (χ4v) is 3.47. The molecule has 1 amide bonds. The molecule has 1 fully saturated rings. The molecule has 1 aliphatic heterocycles. The third-order valence-electron chi connectivity index (χ3n) is 3.62. The molecule has 0 spiro atoms. The summed E-state index contributed by atoms with van der Waals surface area (Å²) < 4.78 is 24.7. The van der Waals surface area contributed by atoms with Crippen LogP contribution in [-0.4, -0.2) is 44.6 Å². The van der Waals surface area contributed by atoms with Crippen LogP contribution in [0.1, 0.15) is 46.0 Å². The Morgan fingerprint density at radius 2 is 2.05 bits per heavy atom. The normalized spacial score (nSPS) is 22.9. The topological polar surface area (TPSA) is 66.5 Å². The van der Waals surface area contributed by atoms with Gasteiger partial charge in [0.05, 0.1) is 12.3 Å². The molecular weight excluding hydrogens is 264 g/mol. The van der Waals surface area contributed by atoms with Crippen molar-refractivity contribution in [3.8, 4) is 0 Å². The van der Waals surface area contributed by atoms with Crippen molar-refractivity contribution in [2.24, 2.45) is 5.92 Å². The maximum atomic E-state index is 12.2. The van der Waals surface area contributed by atoms with Crippen LogP contribution in [-0.2, 0) is 14.8 Å². The maximum absolute atomic E-state index is 12.2. The van der Waals surface area contributed by atoms with Gasteiger partial charge in [0, 0.05) is 13.1 Å². The summed E-state index contributed by atoms with van der Waals surface area (Å²) in [6, 6.07) is -0.669. The summed E-state index contributed by atoms with van der Waals surface area (Å²) in [5.41, 5.74) is 0. The van der Waals surface area contributed by atoms with E-state index in [0.717, 1.165) is 32.2 Å². The first-order valence-electron chi connectivity index (χ1n) is 7.09. The van der Waals surface area contributed by atoms with Gasteiger partial charge >= 0.3 is 0 Å². The molecule has 1 aliphatic rings. The molecule has 6 heteroatoms. The molecule has 0 aliphatic carbocycles. The zero-order valence-corrected chi connectivity index (χ0v) is 13.0. The summed E-state index contributed by atoms with van der Waals surface area (Å²) in [6.07, 6.45) is 6.71. The minimum absolute atomic E-state index is 0.109. The fraction of sp³-hybridized carbons (Fsp3) is 0.923. The third-order valence-corrected chi connectivity index (χ3v) is 4.40. The van der Waals surface area contributed by atoms with E-state index in [1.165, 1.54) is 19.3 Å². The summed E-state index contributed by atoms with van der Waals surface area (Å²) in [4.78, 5) is 14.0. The van der Waals surface area contributed by atoms with Crippen molar-refractivity contribution < 1.29 is 13.2 Å². The van der Waals surface area contributed by atoms with Crippen molar-refractivity contribution in [3.05, 3.63) is 0 Å². The molecule has 2 atom stereocenters. The lowest BCUT2D eigenvalue weighted by molar-refractivity contribution is -0.132. The first-order valence-corrected chi connectivity index (χ1v) is 8.98. The van der Waals surface area contributed by atoms with Gasteiger partial charge in [0.1, 0.15) is 0 Å². The number of rotatable bonds is 5. The second-order valence-electron chi connectivity index (χ2n) is 5.52. The Morgan fingerprint density at radius 3 is 2.63 bits per heavy atom. The van der Waals surface area contributed by atoms with Crippen LogP contribution >= 0.6 is 0 Å². The SMILES string of the molecule is CCC[C@H]1CCCN(C(=O)[C@H](C)NS(C)(=O)=O)CC1. The number of hydrogen-bond acceptors (Lipinski definition) is 3. The van der Waals surface area contributed by atoms with E-state index < -0.39 is 16.1 Å². The van der Waals surface area contributed by atoms with Crippen molar-refractivity contribution >= 4 is 15.9 Å². The molecule has 0 aromatic heterocycles. The lowest BCUT2D eigenvalue weighted by Crippen LogP contribution is -2.46. The van der Waals surface area contributed by atoms with Gasteiger partial charge in [0.2, 0.25) is 15.9 Å². The molecule has 0 unspecified atom stereocenters. The van der Waals surface area contributed by atoms with Crippen LogP contribution in [0.4, 0.5) is 0 Å². The zero-order valence-electron chi connectivity index (χ0n) is 12.2. The Kier molecular flexibility index (Phi) is 6.26. The molecule has 0 aromatic carbocycles. The second kappa shape index (κ2) is 7.24. The first kappa shape index (κ1) is 16.4. The molecule has 0 aromatic rings. The smallest absolute Gasteiger partial charge is 0.240 e. The summed E-state index contributed by atoms with van der Waals surface area (Å²) in [5, 5.41) is 0. The van der Waals surface area contributed by atoms with Gasteiger partial charge in [-0.25, -0.2) is 13.1 Å². The van der Waals surface area contributed by atoms with Gasteiger partial charge in [-0.2, -0.15) is 0 Å². The van der Waals surface area contributed by atoms with E-state index in [4.69, 9.17) is 0 Å². The molecule has 1 rings (SSSR count). The number of nitrogens with zero attached hydrogens (tertiary/aromatic N) is 1. The summed E-state index contributed by atoms with van der Waals surface area (Å²) >= 11 is 0. The predicted molar refractivity (Wildman–Crippen MR) is 76.3 cm³/mol. The Balaban J connectivity index is 2.53. The number of carbonyl (C=O) groups is 1. The third kappa shape index (κ3) is 5.91. The molecule has 1 saturated heterocycles. The van der Waals surface area contributed by atoms with E-state index in [2.05, 4.69) is 11.6 Å². The van der Waals surface area contributed by atoms with Crippen LogP contribution in [0.25, 0.3) is 0 Å². The van der Waals surface area contributed by atoms with E-state index >= 15 is 0 Å². The highest BCUT2D eigenvalue weighted by Crippen LogP contribution is 2.22. The largest absolute Gasteiger partial charge is 0.341 e. The molecule has 0 bridgehead atoms. The molecule has 1 N–H and O–H groups in total. The molecule has 0 radical (unpaired) electrons. The quantitative estimate of drug-likeness (QED) is 0.831. The van der Waals surface area contributed by atoms with Crippen LogP contribution in [0.2, 0.25) is 0 Å². The van der Waals surface area contributed by atoms with Crippen LogP contribution in [0.5, 0.6) is 0 Å². The van der Waals surface area contributed by atoms with Crippen molar-refractivity contribution in [2.75, 3.05) is 19.3 Å². The van der Waals surface area contributed by atoms with E-state index in [-0.39, 0.29) is 5.91 Å². The average Bonchev–Trinajstić information content (AvgIpc) is 2.52. The van der Waals surface area contributed by atoms with Crippen LogP contribution < -0.4 is 4.72 Å². The van der Waals surface area contributed by atoms with Crippen LogP contribution in [0, 0.1) is 5.92 Å². The molecule has 19 heavy (non-hydrogen) atoms. The van der Waals surface area contributed by atoms with Crippen molar-refractivity contribution in [2.45, 2.75) is 52.0 Å². The fourth-order valence-electron chi connectivity index (χ4n) is 2.73. The van der Waals surface area contributed by atoms with Crippen molar-refractivity contribution in [1.29, 1.82) is 0 Å². The summed E-state index contributed by atoms with van der Waals surface area (Å²) in [7, 11) is -3.33. The van der Waals surface area contributed by atoms with Crippen LogP contribution in [0.3, 0.4) is 0 Å². The Labute approximate surface area is 116 Å². The molecule has 1 heterocycles. The van der Waals surface area contributed by atoms with Gasteiger partial charge in [-0.1, -0.05) is 19.8 Å². The highest BCUT2D eigenvalue weighted by Gasteiger charge is 2.25. The van der Waals surface area contributed by atoms with E-state index in [9.17, 15) is 13.2 Å². The Morgan fingerprint density at radius 1 is 1.37 bits per heavy atom. The van der Waals surface area contributed by atoms with Gasteiger partial charge in [0.15, 0.2) is 0 Å². The highest BCUT2D eigenvalue weighted by atomic mass is 32.2. The van der Waals surface area contributed by atoms with Gasteiger partial charge < -0.3 is 4.90 Å². The number of amides is 1. The zero-order chi connectivity index (χ0) is 14.5. The minimum Gasteiger partial charge on any atom is -0.341 e. The number of nitrogens with one attached hydrogen (secondary N) is 1. The summed E-state index contributed by atoms with van der Waals surface area (Å²) in [5.74, 6) is 0.601. The number of carbonyl (C=O) groups excluding carboxylic acids is 1. The van der Waals surface area contributed by atoms with Crippen LogP contribution in [0.15, 0.2) is 0 Å². The molecule has 5 nitrogen and oxygen atoms in total. The van der Waals surface area contributed by atoms with Gasteiger partial charge in [-0.3, -0.25) is 4.79 Å². The first-order chi connectivity index (χ1) is 8.83. The van der Waals surface area contributed by atoms with E-state index in [1.807, 2.05) is 0 Å². The standard InChI is InChI=1S/C13H26N2O3S/c1-4-6-12-7-5-9-15(10-8-12)13(16)11(2)14-19(3,17)18/h11-12,14H,4-10H2,1-3H3/t11-,12-/m0/s1. The van der Waals surface area contributed by atoms with Crippen molar-refractivity contribution in [1.82, 2.24) is 9.62 Å². The highest BCUT2D eigenvalue weighted by molar-refractivity contribution is 7.88.